The third-order valence-electron chi connectivity index (χ3n) is 3.29. The van der Waals surface area contributed by atoms with Crippen LogP contribution in [0, 0.1) is 0 Å². The van der Waals surface area contributed by atoms with Gasteiger partial charge in [0.05, 0.1) is 10.4 Å². The van der Waals surface area contributed by atoms with Crippen molar-refractivity contribution in [2.75, 3.05) is 0 Å². The monoisotopic (exact) mass is 427 g/mol. The molecule has 0 unspecified atom stereocenters. The van der Waals surface area contributed by atoms with Crippen molar-refractivity contribution in [3.8, 4) is 0 Å². The second-order valence-corrected chi connectivity index (χ2v) is 7.60. The van der Waals surface area contributed by atoms with Crippen LogP contribution in [0.3, 0.4) is 0 Å². The zero-order chi connectivity index (χ0) is 15.0. The number of fused-ring (bicyclic) bond motifs is 1. The Morgan fingerprint density at radius 2 is 1.57 bits per heavy atom. The van der Waals surface area contributed by atoms with Crippen molar-refractivity contribution >= 4 is 52.8 Å². The summed E-state index contributed by atoms with van der Waals surface area (Å²) in [7, 11) is -3.64. The van der Waals surface area contributed by atoms with Crippen molar-refractivity contribution in [3.63, 3.8) is 0 Å². The number of nitrogens with zero attached hydrogens (tertiary/aromatic N) is 1. The summed E-state index contributed by atoms with van der Waals surface area (Å²) in [5, 5.41) is 1.49. The number of halogens is 2. The Bertz CT molecular complexity index is 902. The summed E-state index contributed by atoms with van der Waals surface area (Å²) in [5.41, 5.74) is 1.59. The minimum absolute atomic E-state index is 0.271. The Morgan fingerprint density at radius 1 is 0.952 bits per heavy atom. The molecule has 0 saturated heterocycles. The Labute approximate surface area is 139 Å². The van der Waals surface area contributed by atoms with Gasteiger partial charge in [0.2, 0.25) is 0 Å². The molecular weight excluding hydrogens is 418 g/mol. The van der Waals surface area contributed by atoms with E-state index >= 15 is 0 Å². The molecule has 0 aliphatic rings. The molecule has 2 aromatic carbocycles. The van der Waals surface area contributed by atoms with Gasteiger partial charge in [0, 0.05) is 16.3 Å². The van der Waals surface area contributed by atoms with Gasteiger partial charge in [-0.15, -0.1) is 0 Å². The summed E-state index contributed by atoms with van der Waals surface area (Å²) in [6.45, 7) is 0. The molecule has 0 spiro atoms. The van der Waals surface area contributed by atoms with E-state index in [2.05, 4.69) is 31.9 Å². The molecule has 0 saturated carbocycles. The first kappa shape index (κ1) is 14.8. The highest BCUT2D eigenvalue weighted by Crippen LogP contribution is 2.34. The summed E-state index contributed by atoms with van der Waals surface area (Å²) in [4.78, 5) is 0.271. The van der Waals surface area contributed by atoms with Gasteiger partial charge in [-0.2, -0.15) is 0 Å². The average Bonchev–Trinajstić information content (AvgIpc) is 2.80. The Morgan fingerprint density at radius 3 is 2.24 bits per heavy atom. The van der Waals surface area contributed by atoms with E-state index in [4.69, 9.17) is 0 Å². The lowest BCUT2D eigenvalue weighted by molar-refractivity contribution is 0.588. The van der Waals surface area contributed by atoms with Crippen LogP contribution >= 0.6 is 31.9 Å². The second kappa shape index (κ2) is 5.59. The van der Waals surface area contributed by atoms with E-state index in [0.717, 1.165) is 10.9 Å². The van der Waals surface area contributed by atoms with Gasteiger partial charge in [0.15, 0.2) is 0 Å². The van der Waals surface area contributed by atoms with Gasteiger partial charge in [-0.3, -0.25) is 0 Å². The van der Waals surface area contributed by atoms with Crippen LogP contribution < -0.4 is 0 Å². The van der Waals surface area contributed by atoms with Crippen molar-refractivity contribution < 1.29 is 8.42 Å². The molecular formula is C15H11Br2NO2S. The molecule has 1 heterocycles. The lowest BCUT2D eigenvalue weighted by atomic mass is 10.2. The smallest absolute Gasteiger partial charge is 0.227 e. The fourth-order valence-electron chi connectivity index (χ4n) is 2.31. The van der Waals surface area contributed by atoms with Gasteiger partial charge in [-0.05, 0) is 34.1 Å². The Hall–Kier alpha value is -1.11. The number of benzene rings is 2. The fourth-order valence-corrected chi connectivity index (χ4v) is 5.82. The van der Waals surface area contributed by atoms with E-state index in [0.29, 0.717) is 15.4 Å². The van der Waals surface area contributed by atoms with Crippen LogP contribution in [0.2, 0.25) is 0 Å². The normalized spacial score (nSPS) is 11.9. The van der Waals surface area contributed by atoms with Crippen LogP contribution in [-0.2, 0) is 15.4 Å². The molecule has 0 aliphatic heterocycles. The number of hydrogen-bond acceptors (Lipinski definition) is 2. The van der Waals surface area contributed by atoms with Crippen molar-refractivity contribution in [2.24, 2.45) is 0 Å². The van der Waals surface area contributed by atoms with Crippen molar-refractivity contribution in [1.82, 2.24) is 3.97 Å². The van der Waals surface area contributed by atoms with Crippen LogP contribution in [0.15, 0.2) is 64.1 Å². The van der Waals surface area contributed by atoms with Gasteiger partial charge in [-0.25, -0.2) is 12.4 Å². The van der Waals surface area contributed by atoms with E-state index in [1.807, 2.05) is 24.3 Å². The maximum Gasteiger partial charge on any atom is 0.269 e. The molecule has 0 N–H and O–H groups in total. The zero-order valence-corrected chi connectivity index (χ0v) is 14.8. The van der Waals surface area contributed by atoms with Gasteiger partial charge in [0.1, 0.15) is 4.60 Å². The first-order valence-corrected chi connectivity index (χ1v) is 9.57. The maximum absolute atomic E-state index is 12.9. The van der Waals surface area contributed by atoms with Crippen LogP contribution in [0.25, 0.3) is 10.9 Å². The number of aromatic nitrogens is 1. The van der Waals surface area contributed by atoms with Crippen LogP contribution in [0.5, 0.6) is 0 Å². The standard InChI is InChI=1S/C15H11Br2NO2S/c16-10-13-12-8-4-5-9-14(12)18(15(13)17)21(19,20)11-6-2-1-3-7-11/h1-9H,10H2. The molecule has 3 nitrogen and oxygen atoms in total. The highest BCUT2D eigenvalue weighted by atomic mass is 79.9. The summed E-state index contributed by atoms with van der Waals surface area (Å²) in [5.74, 6) is 0. The van der Waals surface area contributed by atoms with E-state index in [1.54, 1.807) is 30.3 Å². The van der Waals surface area contributed by atoms with E-state index in [1.165, 1.54) is 3.97 Å². The molecule has 0 aliphatic carbocycles. The zero-order valence-electron chi connectivity index (χ0n) is 10.8. The fraction of sp³-hybridized carbons (Fsp3) is 0.0667. The molecule has 0 radical (unpaired) electrons. The number of alkyl halides is 1. The lowest BCUT2D eigenvalue weighted by Gasteiger charge is -2.09. The maximum atomic E-state index is 12.9. The highest BCUT2D eigenvalue weighted by molar-refractivity contribution is 9.10. The number of rotatable bonds is 3. The predicted octanol–water partition coefficient (Wildman–Crippen LogP) is 4.54. The summed E-state index contributed by atoms with van der Waals surface area (Å²) in [6.07, 6.45) is 0. The first-order chi connectivity index (χ1) is 10.1. The Balaban J connectivity index is 2.39. The van der Waals surface area contributed by atoms with Crippen molar-refractivity contribution in [1.29, 1.82) is 0 Å². The van der Waals surface area contributed by atoms with Gasteiger partial charge in [0.25, 0.3) is 10.0 Å². The summed E-state index contributed by atoms with van der Waals surface area (Å²) >= 11 is 6.87. The van der Waals surface area contributed by atoms with Gasteiger partial charge < -0.3 is 0 Å². The van der Waals surface area contributed by atoms with E-state index < -0.39 is 10.0 Å². The first-order valence-electron chi connectivity index (χ1n) is 6.22. The predicted molar refractivity (Wildman–Crippen MR) is 91.3 cm³/mol. The van der Waals surface area contributed by atoms with E-state index in [9.17, 15) is 8.42 Å². The molecule has 6 heteroatoms. The quantitative estimate of drug-likeness (QED) is 0.574. The number of para-hydroxylation sites is 1. The van der Waals surface area contributed by atoms with Gasteiger partial charge in [-0.1, -0.05) is 52.3 Å². The Kier molecular flexibility index (Phi) is 3.94. The van der Waals surface area contributed by atoms with Crippen LogP contribution in [0.1, 0.15) is 5.56 Å². The molecule has 3 rings (SSSR count). The summed E-state index contributed by atoms with van der Waals surface area (Å²) in [6, 6.07) is 15.9. The molecule has 0 amide bonds. The van der Waals surface area contributed by atoms with Crippen LogP contribution in [-0.4, -0.2) is 12.4 Å². The third-order valence-corrected chi connectivity index (χ3v) is 6.65. The lowest BCUT2D eigenvalue weighted by Crippen LogP contribution is -2.13. The van der Waals surface area contributed by atoms with Crippen molar-refractivity contribution in [3.05, 3.63) is 64.8 Å². The molecule has 108 valence electrons. The molecule has 21 heavy (non-hydrogen) atoms. The highest BCUT2D eigenvalue weighted by Gasteiger charge is 2.24. The minimum Gasteiger partial charge on any atom is -0.227 e. The average molecular weight is 429 g/mol. The molecule has 3 aromatic rings. The number of hydrogen-bond donors (Lipinski definition) is 0. The molecule has 0 atom stereocenters. The molecule has 1 aromatic heterocycles. The van der Waals surface area contributed by atoms with Gasteiger partial charge >= 0.3 is 0 Å². The molecule has 0 fully saturated rings. The SMILES string of the molecule is O=S(=O)(c1ccccc1)n1c(Br)c(CBr)c2ccccc21. The van der Waals surface area contributed by atoms with E-state index in [-0.39, 0.29) is 4.90 Å². The van der Waals surface area contributed by atoms with Crippen molar-refractivity contribution in [2.45, 2.75) is 10.2 Å². The summed E-state index contributed by atoms with van der Waals surface area (Å²) < 4.78 is 27.7. The third kappa shape index (κ3) is 2.35. The second-order valence-electron chi connectivity index (χ2n) is 4.50. The van der Waals surface area contributed by atoms with Crippen LogP contribution in [0.4, 0.5) is 0 Å². The topological polar surface area (TPSA) is 39.1 Å². The minimum atomic E-state index is -3.64. The molecule has 0 bridgehead atoms. The largest absolute Gasteiger partial charge is 0.269 e.